The highest BCUT2D eigenvalue weighted by molar-refractivity contribution is 5.77. The average molecular weight is 233 g/mol. The van der Waals surface area contributed by atoms with E-state index in [2.05, 4.69) is 0 Å². The molecular weight excluding hydrogens is 218 g/mol. The molecule has 2 aliphatic rings. The predicted molar refractivity (Wildman–Crippen MR) is 50.3 cm³/mol. The van der Waals surface area contributed by atoms with E-state index in [1.165, 1.54) is 0 Å². The Kier molecular flexibility index (Phi) is 2.48. The Morgan fingerprint density at radius 1 is 1.44 bits per heavy atom. The second kappa shape index (κ2) is 3.38. The van der Waals surface area contributed by atoms with Crippen molar-refractivity contribution in [3.63, 3.8) is 0 Å². The molecule has 0 bridgehead atoms. The van der Waals surface area contributed by atoms with Gasteiger partial charge < -0.3 is 30.2 Å². The summed E-state index contributed by atoms with van der Waals surface area (Å²) in [5.74, 6) is -4.38. The first-order valence-electron chi connectivity index (χ1n) is 5.00. The molecule has 0 amide bonds. The Labute approximate surface area is 92.1 Å². The molecule has 7 nitrogen and oxygen atoms in total. The number of carboxylic acids is 1. The van der Waals surface area contributed by atoms with Gasteiger partial charge in [0.25, 0.3) is 0 Å². The summed E-state index contributed by atoms with van der Waals surface area (Å²) in [4.78, 5) is 11.2. The zero-order valence-corrected chi connectivity index (χ0v) is 9.04. The molecule has 92 valence electrons. The van der Waals surface area contributed by atoms with Gasteiger partial charge in [-0.2, -0.15) is 0 Å². The summed E-state index contributed by atoms with van der Waals surface area (Å²) in [7, 11) is 0. The van der Waals surface area contributed by atoms with Gasteiger partial charge in [-0.25, -0.2) is 4.79 Å². The van der Waals surface area contributed by atoms with Crippen LogP contribution in [0.3, 0.4) is 0 Å². The van der Waals surface area contributed by atoms with Gasteiger partial charge in [0.15, 0.2) is 11.9 Å². The Bertz CT molecular complexity index is 319. The van der Waals surface area contributed by atoms with E-state index in [-0.39, 0.29) is 6.54 Å². The number of ether oxygens (including phenoxy) is 3. The number of aliphatic hydroxyl groups is 1. The molecular formula is C9H15NO6. The third kappa shape index (κ3) is 1.44. The van der Waals surface area contributed by atoms with Gasteiger partial charge in [0, 0.05) is 6.54 Å². The first-order valence-corrected chi connectivity index (χ1v) is 5.00. The molecule has 2 fully saturated rings. The lowest BCUT2D eigenvalue weighted by Gasteiger charge is -2.24. The summed E-state index contributed by atoms with van der Waals surface area (Å²) in [6.45, 7) is 3.12. The lowest BCUT2D eigenvalue weighted by molar-refractivity contribution is -0.262. The summed E-state index contributed by atoms with van der Waals surface area (Å²) < 4.78 is 15.8. The van der Waals surface area contributed by atoms with Crippen molar-refractivity contribution in [2.75, 3.05) is 6.54 Å². The Hall–Kier alpha value is -0.730. The third-order valence-corrected chi connectivity index (χ3v) is 2.73. The second-order valence-electron chi connectivity index (χ2n) is 4.40. The summed E-state index contributed by atoms with van der Waals surface area (Å²) in [5, 5.41) is 19.0. The van der Waals surface area contributed by atoms with Gasteiger partial charge in [-0.3, -0.25) is 0 Å². The monoisotopic (exact) mass is 233 g/mol. The number of hydrogen-bond donors (Lipinski definition) is 3. The molecule has 2 heterocycles. The molecule has 7 heteroatoms. The number of aliphatic carboxylic acids is 1. The Morgan fingerprint density at radius 3 is 2.50 bits per heavy atom. The molecule has 1 unspecified atom stereocenters. The van der Waals surface area contributed by atoms with Crippen LogP contribution >= 0.6 is 0 Å². The van der Waals surface area contributed by atoms with E-state index in [4.69, 9.17) is 25.1 Å². The molecule has 0 saturated carbocycles. The van der Waals surface area contributed by atoms with Crippen molar-refractivity contribution in [3.8, 4) is 0 Å². The molecule has 0 aromatic carbocycles. The fourth-order valence-corrected chi connectivity index (χ4v) is 2.11. The highest BCUT2D eigenvalue weighted by Gasteiger charge is 2.69. The van der Waals surface area contributed by atoms with Crippen LogP contribution in [0.5, 0.6) is 0 Å². The van der Waals surface area contributed by atoms with Gasteiger partial charge in [0.1, 0.15) is 12.2 Å². The molecule has 4 atom stereocenters. The maximum Gasteiger partial charge on any atom is 0.367 e. The first kappa shape index (κ1) is 11.7. The fourth-order valence-electron chi connectivity index (χ4n) is 2.11. The number of fused-ring (bicyclic) bond motifs is 1. The van der Waals surface area contributed by atoms with Crippen molar-refractivity contribution in [1.29, 1.82) is 0 Å². The van der Waals surface area contributed by atoms with Gasteiger partial charge in [0.2, 0.25) is 0 Å². The number of nitrogens with two attached hydrogens (primary N) is 1. The second-order valence-corrected chi connectivity index (χ2v) is 4.40. The normalized spacial score (nSPS) is 45.6. The van der Waals surface area contributed by atoms with Crippen molar-refractivity contribution in [3.05, 3.63) is 0 Å². The van der Waals surface area contributed by atoms with E-state index in [1.807, 2.05) is 0 Å². The summed E-state index contributed by atoms with van der Waals surface area (Å²) in [6.07, 6.45) is -2.96. The van der Waals surface area contributed by atoms with E-state index in [0.29, 0.717) is 0 Å². The summed E-state index contributed by atoms with van der Waals surface area (Å²) in [5.41, 5.74) is 5.37. The highest BCUT2D eigenvalue weighted by Crippen LogP contribution is 2.45. The van der Waals surface area contributed by atoms with Gasteiger partial charge in [-0.15, -0.1) is 0 Å². The molecule has 16 heavy (non-hydrogen) atoms. The Morgan fingerprint density at radius 2 is 2.06 bits per heavy atom. The molecule has 0 aromatic heterocycles. The van der Waals surface area contributed by atoms with E-state index in [0.717, 1.165) is 0 Å². The van der Waals surface area contributed by atoms with Crippen molar-refractivity contribution in [1.82, 2.24) is 0 Å². The minimum atomic E-state index is -1.95. The quantitative estimate of drug-likeness (QED) is 0.540. The number of rotatable bonds is 2. The van der Waals surface area contributed by atoms with Crippen LogP contribution in [0.4, 0.5) is 0 Å². The van der Waals surface area contributed by atoms with Gasteiger partial charge in [-0.1, -0.05) is 0 Å². The van der Waals surface area contributed by atoms with Crippen molar-refractivity contribution < 1.29 is 29.2 Å². The fraction of sp³-hybridized carbons (Fsp3) is 0.889. The third-order valence-electron chi connectivity index (χ3n) is 2.73. The van der Waals surface area contributed by atoms with Gasteiger partial charge in [0.05, 0.1) is 0 Å². The average Bonchev–Trinajstić information content (AvgIpc) is 2.58. The van der Waals surface area contributed by atoms with Crippen LogP contribution in [0.15, 0.2) is 0 Å². The molecule has 2 saturated heterocycles. The highest BCUT2D eigenvalue weighted by atomic mass is 16.9. The largest absolute Gasteiger partial charge is 0.477 e. The minimum absolute atomic E-state index is 0.000154. The van der Waals surface area contributed by atoms with Crippen LogP contribution in [-0.2, 0) is 19.0 Å². The van der Waals surface area contributed by atoms with E-state index in [1.54, 1.807) is 13.8 Å². The summed E-state index contributed by atoms with van der Waals surface area (Å²) in [6, 6.07) is 0. The lowest BCUT2D eigenvalue weighted by Crippen LogP contribution is -2.48. The zero-order chi connectivity index (χ0) is 12.1. The molecule has 2 rings (SSSR count). The van der Waals surface area contributed by atoms with Crippen LogP contribution < -0.4 is 5.73 Å². The minimum Gasteiger partial charge on any atom is -0.477 e. The van der Waals surface area contributed by atoms with Crippen LogP contribution in [0.1, 0.15) is 13.8 Å². The SMILES string of the molecule is CC1(C)OC2[C@H](O)[C@H](CN)O[C@@]2(C(=O)O)O1. The van der Waals surface area contributed by atoms with Gasteiger partial charge in [-0.05, 0) is 13.8 Å². The number of carboxylic acid groups (broad SMARTS) is 1. The van der Waals surface area contributed by atoms with Gasteiger partial charge >= 0.3 is 11.8 Å². The number of carbonyl (C=O) groups is 1. The summed E-state index contributed by atoms with van der Waals surface area (Å²) >= 11 is 0. The number of hydrogen-bond acceptors (Lipinski definition) is 6. The first-order chi connectivity index (χ1) is 7.32. The van der Waals surface area contributed by atoms with Crippen LogP contribution in [0, 0.1) is 0 Å². The molecule has 0 radical (unpaired) electrons. The number of aliphatic hydroxyl groups excluding tert-OH is 1. The van der Waals surface area contributed by atoms with Crippen molar-refractivity contribution >= 4 is 5.97 Å². The molecule has 0 aliphatic carbocycles. The topological polar surface area (TPSA) is 111 Å². The zero-order valence-electron chi connectivity index (χ0n) is 9.04. The van der Waals surface area contributed by atoms with E-state index >= 15 is 0 Å². The molecule has 2 aliphatic heterocycles. The maximum atomic E-state index is 11.2. The Balaban J connectivity index is 2.34. The van der Waals surface area contributed by atoms with Crippen molar-refractivity contribution in [2.45, 2.75) is 43.7 Å². The standard InChI is InChI=1S/C9H15NO6/c1-8(2)15-6-5(11)4(3-10)14-9(6,16-8)7(12)13/h4-6,11H,3,10H2,1-2H3,(H,12,13)/t4-,5+,6?,9+/m0/s1. The van der Waals surface area contributed by atoms with Crippen LogP contribution in [-0.4, -0.2) is 52.6 Å². The van der Waals surface area contributed by atoms with Crippen LogP contribution in [0.2, 0.25) is 0 Å². The smallest absolute Gasteiger partial charge is 0.367 e. The van der Waals surface area contributed by atoms with E-state index < -0.39 is 35.9 Å². The molecule has 0 spiro atoms. The van der Waals surface area contributed by atoms with Crippen molar-refractivity contribution in [2.24, 2.45) is 5.73 Å². The maximum absolute atomic E-state index is 11.2. The molecule has 0 aromatic rings. The van der Waals surface area contributed by atoms with E-state index in [9.17, 15) is 9.90 Å². The predicted octanol–water partition coefficient (Wildman–Crippen LogP) is -1.36. The molecule has 4 N–H and O–H groups in total. The lowest BCUT2D eigenvalue weighted by atomic mass is 10.1. The van der Waals surface area contributed by atoms with Crippen LogP contribution in [0.25, 0.3) is 0 Å².